The molecule has 2 aromatic carbocycles. The molecule has 0 atom stereocenters. The first-order chi connectivity index (χ1) is 10.7. The molecular formula is C18H18N2O2. The van der Waals surface area contributed by atoms with Crippen LogP contribution in [-0.4, -0.2) is 24.0 Å². The number of rotatable bonds is 4. The first-order valence-corrected chi connectivity index (χ1v) is 7.08. The Morgan fingerprint density at radius 3 is 2.09 bits per heavy atom. The van der Waals surface area contributed by atoms with Crippen molar-refractivity contribution in [2.45, 2.75) is 6.92 Å². The van der Waals surface area contributed by atoms with Gasteiger partial charge in [0, 0.05) is 0 Å². The fraction of sp³-hybridized carbons (Fsp3) is 0.167. The molecule has 0 saturated heterocycles. The van der Waals surface area contributed by atoms with Crippen LogP contribution < -0.4 is 9.47 Å². The van der Waals surface area contributed by atoms with Crippen molar-refractivity contribution in [1.82, 2.24) is 9.78 Å². The van der Waals surface area contributed by atoms with Crippen molar-refractivity contribution in [2.75, 3.05) is 14.2 Å². The van der Waals surface area contributed by atoms with Crippen LogP contribution in [0.15, 0.2) is 54.6 Å². The molecule has 112 valence electrons. The van der Waals surface area contributed by atoms with Crippen molar-refractivity contribution in [3.05, 3.63) is 60.3 Å². The van der Waals surface area contributed by atoms with Crippen LogP contribution in [0, 0.1) is 6.92 Å². The van der Waals surface area contributed by atoms with Crippen LogP contribution in [0.4, 0.5) is 0 Å². The Kier molecular flexibility index (Phi) is 3.83. The second kappa shape index (κ2) is 5.93. The Morgan fingerprint density at radius 1 is 0.864 bits per heavy atom. The summed E-state index contributed by atoms with van der Waals surface area (Å²) < 4.78 is 13.0. The maximum absolute atomic E-state index is 5.52. The van der Waals surface area contributed by atoms with Crippen LogP contribution in [0.25, 0.3) is 16.9 Å². The minimum absolute atomic E-state index is 0.761. The van der Waals surface area contributed by atoms with Gasteiger partial charge < -0.3 is 9.47 Å². The van der Waals surface area contributed by atoms with Crippen LogP contribution in [0.1, 0.15) is 5.69 Å². The zero-order chi connectivity index (χ0) is 15.5. The number of nitrogens with zero attached hydrogens (tertiary/aromatic N) is 2. The zero-order valence-corrected chi connectivity index (χ0v) is 12.9. The lowest BCUT2D eigenvalue weighted by Gasteiger charge is -2.14. The van der Waals surface area contributed by atoms with Crippen LogP contribution in [0.5, 0.6) is 11.5 Å². The van der Waals surface area contributed by atoms with Crippen LogP contribution in [0.2, 0.25) is 0 Å². The van der Waals surface area contributed by atoms with E-state index in [0.717, 1.165) is 34.1 Å². The molecule has 0 bridgehead atoms. The Labute approximate surface area is 129 Å². The van der Waals surface area contributed by atoms with Crippen molar-refractivity contribution in [3.8, 4) is 28.4 Å². The van der Waals surface area contributed by atoms with Gasteiger partial charge in [-0.2, -0.15) is 5.10 Å². The molecule has 0 amide bonds. The van der Waals surface area contributed by atoms with Gasteiger partial charge in [0.15, 0.2) is 0 Å². The topological polar surface area (TPSA) is 36.3 Å². The quantitative estimate of drug-likeness (QED) is 0.733. The van der Waals surface area contributed by atoms with Gasteiger partial charge in [0.2, 0.25) is 0 Å². The number of aromatic nitrogens is 2. The smallest absolute Gasteiger partial charge is 0.132 e. The van der Waals surface area contributed by atoms with E-state index in [1.807, 2.05) is 66.2 Å². The molecular weight excluding hydrogens is 276 g/mol. The Bertz CT molecular complexity index is 757. The van der Waals surface area contributed by atoms with Crippen molar-refractivity contribution in [1.29, 1.82) is 0 Å². The Morgan fingerprint density at radius 2 is 1.50 bits per heavy atom. The van der Waals surface area contributed by atoms with E-state index in [9.17, 15) is 0 Å². The molecule has 0 aliphatic carbocycles. The van der Waals surface area contributed by atoms with E-state index in [0.29, 0.717) is 0 Å². The molecule has 0 fully saturated rings. The summed E-state index contributed by atoms with van der Waals surface area (Å²) >= 11 is 0. The first-order valence-electron chi connectivity index (χ1n) is 7.08. The van der Waals surface area contributed by atoms with Crippen LogP contribution >= 0.6 is 0 Å². The maximum Gasteiger partial charge on any atom is 0.132 e. The monoisotopic (exact) mass is 294 g/mol. The Hall–Kier alpha value is -2.75. The van der Waals surface area contributed by atoms with E-state index in [-0.39, 0.29) is 0 Å². The number of aryl methyl sites for hydroxylation is 1. The number of methoxy groups -OCH3 is 2. The minimum Gasteiger partial charge on any atom is -0.496 e. The SMILES string of the molecule is COc1cccc(OC)c1-c1cc(C)nn1-c1ccccc1. The maximum atomic E-state index is 5.52. The number of hydrogen-bond donors (Lipinski definition) is 0. The second-order valence-electron chi connectivity index (χ2n) is 4.96. The summed E-state index contributed by atoms with van der Waals surface area (Å²) in [4.78, 5) is 0. The lowest BCUT2D eigenvalue weighted by molar-refractivity contribution is 0.397. The van der Waals surface area contributed by atoms with Crippen molar-refractivity contribution in [2.24, 2.45) is 0 Å². The molecule has 1 heterocycles. The molecule has 0 aliphatic heterocycles. The summed E-state index contributed by atoms with van der Waals surface area (Å²) in [6, 6.07) is 17.8. The third-order valence-corrected chi connectivity index (χ3v) is 3.52. The van der Waals surface area contributed by atoms with E-state index >= 15 is 0 Å². The van der Waals surface area contributed by atoms with Gasteiger partial charge in [-0.3, -0.25) is 0 Å². The average molecular weight is 294 g/mol. The van der Waals surface area contributed by atoms with Crippen molar-refractivity contribution < 1.29 is 9.47 Å². The predicted octanol–water partition coefficient (Wildman–Crippen LogP) is 3.86. The van der Waals surface area contributed by atoms with Gasteiger partial charge in [0.1, 0.15) is 11.5 Å². The molecule has 0 N–H and O–H groups in total. The highest BCUT2D eigenvalue weighted by Crippen LogP contribution is 2.39. The lowest BCUT2D eigenvalue weighted by atomic mass is 10.1. The zero-order valence-electron chi connectivity index (χ0n) is 12.9. The third-order valence-electron chi connectivity index (χ3n) is 3.52. The van der Waals surface area contributed by atoms with E-state index in [1.165, 1.54) is 0 Å². The van der Waals surface area contributed by atoms with E-state index in [4.69, 9.17) is 9.47 Å². The standard InChI is InChI=1S/C18H18N2O2/c1-13-12-15(20(19-13)14-8-5-4-6-9-14)18-16(21-2)10-7-11-17(18)22-3/h4-12H,1-3H3. The molecule has 3 rings (SSSR count). The number of hydrogen-bond acceptors (Lipinski definition) is 3. The molecule has 1 aromatic heterocycles. The molecule has 0 aliphatic rings. The molecule has 22 heavy (non-hydrogen) atoms. The fourth-order valence-electron chi connectivity index (χ4n) is 2.55. The third kappa shape index (κ3) is 2.44. The fourth-order valence-corrected chi connectivity index (χ4v) is 2.55. The second-order valence-corrected chi connectivity index (χ2v) is 4.96. The van der Waals surface area contributed by atoms with Crippen molar-refractivity contribution >= 4 is 0 Å². The molecule has 0 saturated carbocycles. The molecule has 4 nitrogen and oxygen atoms in total. The highest BCUT2D eigenvalue weighted by molar-refractivity contribution is 5.76. The number of benzene rings is 2. The van der Waals surface area contributed by atoms with E-state index in [2.05, 4.69) is 5.10 Å². The number of ether oxygens (including phenoxy) is 2. The molecule has 0 spiro atoms. The average Bonchev–Trinajstić information content (AvgIpc) is 2.96. The summed E-state index contributed by atoms with van der Waals surface area (Å²) in [7, 11) is 3.32. The van der Waals surface area contributed by atoms with Gasteiger partial charge in [-0.1, -0.05) is 24.3 Å². The summed E-state index contributed by atoms with van der Waals surface area (Å²) in [6.07, 6.45) is 0. The van der Waals surface area contributed by atoms with E-state index < -0.39 is 0 Å². The molecule has 0 radical (unpaired) electrons. The predicted molar refractivity (Wildman–Crippen MR) is 86.8 cm³/mol. The van der Waals surface area contributed by atoms with Crippen molar-refractivity contribution in [3.63, 3.8) is 0 Å². The summed E-state index contributed by atoms with van der Waals surface area (Å²) in [5.74, 6) is 1.52. The van der Waals surface area contributed by atoms with Gasteiger partial charge in [-0.15, -0.1) is 0 Å². The highest BCUT2D eigenvalue weighted by atomic mass is 16.5. The number of para-hydroxylation sites is 1. The van der Waals surface area contributed by atoms with Gasteiger partial charge in [-0.05, 0) is 37.3 Å². The minimum atomic E-state index is 0.761. The van der Waals surface area contributed by atoms with Gasteiger partial charge in [-0.25, -0.2) is 4.68 Å². The summed E-state index contributed by atoms with van der Waals surface area (Å²) in [6.45, 7) is 1.98. The Balaban J connectivity index is 2.26. The summed E-state index contributed by atoms with van der Waals surface area (Å²) in [5.41, 5.74) is 3.78. The van der Waals surface area contributed by atoms with Crippen LogP contribution in [-0.2, 0) is 0 Å². The lowest BCUT2D eigenvalue weighted by Crippen LogP contribution is -2.01. The van der Waals surface area contributed by atoms with Gasteiger partial charge in [0.25, 0.3) is 0 Å². The molecule has 0 unspecified atom stereocenters. The molecule has 4 heteroatoms. The van der Waals surface area contributed by atoms with Crippen LogP contribution in [0.3, 0.4) is 0 Å². The van der Waals surface area contributed by atoms with Gasteiger partial charge in [0.05, 0.1) is 36.9 Å². The largest absolute Gasteiger partial charge is 0.496 e. The van der Waals surface area contributed by atoms with Gasteiger partial charge >= 0.3 is 0 Å². The van der Waals surface area contributed by atoms with E-state index in [1.54, 1.807) is 14.2 Å². The highest BCUT2D eigenvalue weighted by Gasteiger charge is 2.18. The summed E-state index contributed by atoms with van der Waals surface area (Å²) in [5, 5.41) is 4.61. The normalized spacial score (nSPS) is 10.5. The first kappa shape index (κ1) is 14.2. The molecule has 3 aromatic rings.